The molecule has 0 spiro atoms. The summed E-state index contributed by atoms with van der Waals surface area (Å²) in [5.41, 5.74) is -1.21. The van der Waals surface area contributed by atoms with Crippen LogP contribution in [0.5, 0.6) is 23.3 Å². The Kier molecular flexibility index (Phi) is 6.90. The maximum Gasteiger partial charge on any atom is 0.416 e. The molecule has 1 atom stereocenters. The van der Waals surface area contributed by atoms with Crippen LogP contribution in [0.4, 0.5) is 13.2 Å². The molecule has 0 bridgehead atoms. The van der Waals surface area contributed by atoms with Crippen molar-refractivity contribution in [3.8, 4) is 23.3 Å². The molecule has 0 fully saturated rings. The second-order valence-corrected chi connectivity index (χ2v) is 6.87. The van der Waals surface area contributed by atoms with Gasteiger partial charge >= 0.3 is 12.2 Å². The first kappa shape index (κ1) is 23.6. The van der Waals surface area contributed by atoms with E-state index in [4.69, 9.17) is 14.2 Å². The van der Waals surface area contributed by atoms with Crippen molar-refractivity contribution >= 4 is 5.91 Å². The summed E-state index contributed by atoms with van der Waals surface area (Å²) < 4.78 is 54.1. The monoisotopic (exact) mass is 463 g/mol. The summed E-state index contributed by atoms with van der Waals surface area (Å²) in [7, 11) is 2.93. The number of carbonyl (C=O) groups is 1. The number of nitrogens with zero attached hydrogens (tertiary/aromatic N) is 1. The van der Waals surface area contributed by atoms with Gasteiger partial charge in [0.1, 0.15) is 11.4 Å². The van der Waals surface area contributed by atoms with Gasteiger partial charge < -0.3 is 19.5 Å². The number of alkyl halides is 3. The SMILES string of the molecule is COc1ccc(Oc2nc(C(=O)NC(C)c3ccc(C(F)(F)F)cc3)cc(=O)[nH]2)cc1OC. The summed E-state index contributed by atoms with van der Waals surface area (Å²) in [6.45, 7) is 1.59. The lowest BCUT2D eigenvalue weighted by molar-refractivity contribution is -0.137. The Bertz CT molecular complexity index is 1190. The molecule has 1 unspecified atom stereocenters. The molecule has 3 rings (SSSR count). The van der Waals surface area contributed by atoms with E-state index in [0.717, 1.165) is 18.2 Å². The third-order valence-corrected chi connectivity index (χ3v) is 4.61. The van der Waals surface area contributed by atoms with E-state index in [0.29, 0.717) is 17.1 Å². The maximum absolute atomic E-state index is 12.7. The summed E-state index contributed by atoms with van der Waals surface area (Å²) in [5, 5.41) is 2.59. The first-order valence-corrected chi connectivity index (χ1v) is 9.60. The number of rotatable bonds is 7. The van der Waals surface area contributed by atoms with Crippen LogP contribution in [-0.4, -0.2) is 30.1 Å². The Morgan fingerprint density at radius 3 is 2.30 bits per heavy atom. The van der Waals surface area contributed by atoms with Gasteiger partial charge in [0.2, 0.25) is 0 Å². The zero-order chi connectivity index (χ0) is 24.2. The first-order valence-electron chi connectivity index (χ1n) is 9.60. The fourth-order valence-corrected chi connectivity index (χ4v) is 2.91. The molecule has 0 saturated carbocycles. The van der Waals surface area contributed by atoms with Crippen molar-refractivity contribution in [1.29, 1.82) is 0 Å². The van der Waals surface area contributed by atoms with Gasteiger partial charge in [-0.25, -0.2) is 0 Å². The van der Waals surface area contributed by atoms with E-state index < -0.39 is 29.2 Å². The molecule has 0 aliphatic heterocycles. The molecule has 2 N–H and O–H groups in total. The molecule has 33 heavy (non-hydrogen) atoms. The molecule has 1 aromatic heterocycles. The predicted octanol–water partition coefficient (Wildman–Crippen LogP) is 4.09. The molecule has 174 valence electrons. The molecule has 0 radical (unpaired) electrons. The zero-order valence-electron chi connectivity index (χ0n) is 17.8. The second kappa shape index (κ2) is 9.63. The van der Waals surface area contributed by atoms with Crippen molar-refractivity contribution in [3.05, 3.63) is 75.7 Å². The third kappa shape index (κ3) is 5.82. The van der Waals surface area contributed by atoms with E-state index in [1.165, 1.54) is 32.4 Å². The lowest BCUT2D eigenvalue weighted by atomic mass is 10.1. The minimum Gasteiger partial charge on any atom is -0.493 e. The molecule has 0 saturated heterocycles. The van der Waals surface area contributed by atoms with Gasteiger partial charge in [-0.1, -0.05) is 12.1 Å². The minimum absolute atomic E-state index is 0.229. The molecular weight excluding hydrogens is 443 g/mol. The van der Waals surface area contributed by atoms with E-state index in [9.17, 15) is 22.8 Å². The highest BCUT2D eigenvalue weighted by Gasteiger charge is 2.30. The largest absolute Gasteiger partial charge is 0.493 e. The normalized spacial score (nSPS) is 12.1. The quantitative estimate of drug-likeness (QED) is 0.547. The highest BCUT2D eigenvalue weighted by Crippen LogP contribution is 2.32. The topological polar surface area (TPSA) is 103 Å². The molecule has 2 aromatic carbocycles. The van der Waals surface area contributed by atoms with E-state index >= 15 is 0 Å². The van der Waals surface area contributed by atoms with Gasteiger partial charge in [-0.15, -0.1) is 0 Å². The number of hydrogen-bond acceptors (Lipinski definition) is 6. The van der Waals surface area contributed by atoms with Gasteiger partial charge in [-0.2, -0.15) is 18.2 Å². The summed E-state index contributed by atoms with van der Waals surface area (Å²) in [6, 6.07) is 9.16. The molecule has 1 amide bonds. The van der Waals surface area contributed by atoms with Crippen LogP contribution in [0.3, 0.4) is 0 Å². The highest BCUT2D eigenvalue weighted by atomic mass is 19.4. The van der Waals surface area contributed by atoms with E-state index in [-0.39, 0.29) is 17.5 Å². The average Bonchev–Trinajstić information content (AvgIpc) is 2.78. The van der Waals surface area contributed by atoms with Crippen LogP contribution < -0.4 is 25.1 Å². The van der Waals surface area contributed by atoms with Gasteiger partial charge in [0.25, 0.3) is 11.5 Å². The summed E-state index contributed by atoms with van der Waals surface area (Å²) >= 11 is 0. The molecular formula is C22H20F3N3O5. The molecule has 3 aromatic rings. The number of nitrogens with one attached hydrogen (secondary N) is 2. The van der Waals surface area contributed by atoms with Crippen molar-refractivity contribution in [3.63, 3.8) is 0 Å². The lowest BCUT2D eigenvalue weighted by Gasteiger charge is -2.15. The van der Waals surface area contributed by atoms with Gasteiger partial charge in [0, 0.05) is 12.1 Å². The molecule has 0 aliphatic rings. The highest BCUT2D eigenvalue weighted by molar-refractivity contribution is 5.92. The zero-order valence-corrected chi connectivity index (χ0v) is 17.8. The number of methoxy groups -OCH3 is 2. The van der Waals surface area contributed by atoms with Crippen LogP contribution in [0.25, 0.3) is 0 Å². The van der Waals surface area contributed by atoms with E-state index in [2.05, 4.69) is 15.3 Å². The Balaban J connectivity index is 1.76. The van der Waals surface area contributed by atoms with Crippen molar-refractivity contribution in [2.45, 2.75) is 19.1 Å². The lowest BCUT2D eigenvalue weighted by Crippen LogP contribution is -2.29. The summed E-state index contributed by atoms with van der Waals surface area (Å²) in [5.74, 6) is 0.422. The third-order valence-electron chi connectivity index (χ3n) is 4.61. The Labute approximate surface area is 186 Å². The number of ether oxygens (including phenoxy) is 3. The predicted molar refractivity (Wildman–Crippen MR) is 112 cm³/mol. The van der Waals surface area contributed by atoms with Gasteiger partial charge in [0.15, 0.2) is 11.5 Å². The van der Waals surface area contributed by atoms with Crippen LogP contribution in [0.2, 0.25) is 0 Å². The van der Waals surface area contributed by atoms with Gasteiger partial charge in [-0.3, -0.25) is 14.6 Å². The number of carbonyl (C=O) groups excluding carboxylic acids is 1. The number of amides is 1. The average molecular weight is 463 g/mol. The summed E-state index contributed by atoms with van der Waals surface area (Å²) in [6.07, 6.45) is -4.45. The van der Waals surface area contributed by atoms with Crippen LogP contribution in [-0.2, 0) is 6.18 Å². The van der Waals surface area contributed by atoms with Crippen molar-refractivity contribution in [1.82, 2.24) is 15.3 Å². The number of hydrogen-bond donors (Lipinski definition) is 2. The van der Waals surface area contributed by atoms with Gasteiger partial charge in [-0.05, 0) is 36.8 Å². The van der Waals surface area contributed by atoms with Gasteiger partial charge in [0.05, 0.1) is 25.8 Å². The molecule has 8 nitrogen and oxygen atoms in total. The fraction of sp³-hybridized carbons (Fsp3) is 0.227. The Morgan fingerprint density at radius 2 is 1.70 bits per heavy atom. The summed E-state index contributed by atoms with van der Waals surface area (Å²) in [4.78, 5) is 31.0. The number of H-pyrrole nitrogens is 1. The minimum atomic E-state index is -4.45. The van der Waals surface area contributed by atoms with Crippen LogP contribution in [0.15, 0.2) is 53.3 Å². The van der Waals surface area contributed by atoms with Crippen molar-refractivity contribution < 1.29 is 32.2 Å². The Hall–Kier alpha value is -4.02. The number of benzene rings is 2. The number of aromatic amines is 1. The number of aromatic nitrogens is 2. The molecule has 1 heterocycles. The van der Waals surface area contributed by atoms with Crippen LogP contribution >= 0.6 is 0 Å². The molecule has 11 heteroatoms. The van der Waals surface area contributed by atoms with Crippen LogP contribution in [0.1, 0.15) is 34.6 Å². The first-order chi connectivity index (χ1) is 15.6. The standard InChI is InChI=1S/C22H20F3N3O5/c1-12(13-4-6-14(7-5-13)22(23,24)25)26-20(30)16-11-19(29)28-21(27-16)33-15-8-9-17(31-2)18(10-15)32-3/h4-12H,1-3H3,(H,26,30)(H,27,28,29). The Morgan fingerprint density at radius 1 is 1.03 bits per heavy atom. The van der Waals surface area contributed by atoms with E-state index in [1.807, 2.05) is 0 Å². The van der Waals surface area contributed by atoms with E-state index in [1.54, 1.807) is 19.1 Å². The van der Waals surface area contributed by atoms with Crippen molar-refractivity contribution in [2.75, 3.05) is 14.2 Å². The fourth-order valence-electron chi connectivity index (χ4n) is 2.91. The second-order valence-electron chi connectivity index (χ2n) is 6.87. The maximum atomic E-state index is 12.7. The smallest absolute Gasteiger partial charge is 0.416 e. The van der Waals surface area contributed by atoms with Crippen LogP contribution in [0, 0.1) is 0 Å². The molecule has 0 aliphatic carbocycles. The number of halogens is 3. The van der Waals surface area contributed by atoms with Crippen molar-refractivity contribution in [2.24, 2.45) is 0 Å².